The molecule has 1 saturated heterocycles. The van der Waals surface area contributed by atoms with Crippen LogP contribution in [0.1, 0.15) is 26.2 Å². The van der Waals surface area contributed by atoms with Crippen LogP contribution in [0.25, 0.3) is 0 Å². The van der Waals surface area contributed by atoms with E-state index in [0.29, 0.717) is 15.2 Å². The molecule has 0 aliphatic carbocycles. The van der Waals surface area contributed by atoms with Gasteiger partial charge >= 0.3 is 0 Å². The summed E-state index contributed by atoms with van der Waals surface area (Å²) in [4.78, 5) is 0. The Bertz CT molecular complexity index is 510. The molecule has 1 N–H and O–H groups in total. The topological polar surface area (TPSA) is 49.4 Å². The third kappa shape index (κ3) is 3.39. The summed E-state index contributed by atoms with van der Waals surface area (Å²) in [6.45, 7) is 4.34. The fraction of sp³-hybridized carbons (Fsp3) is 0.667. The van der Waals surface area contributed by atoms with Gasteiger partial charge in [-0.2, -0.15) is 4.31 Å². The summed E-state index contributed by atoms with van der Waals surface area (Å²) in [5.41, 5.74) is 0. The Morgan fingerprint density at radius 1 is 1.58 bits per heavy atom. The number of nitrogens with zero attached hydrogens (tertiary/aromatic N) is 1. The number of piperidine rings is 1. The number of hydrogen-bond acceptors (Lipinski definition) is 4. The molecule has 0 saturated carbocycles. The standard InChI is InChI=1S/C12H19BrN2O2S2/c1-2-7-15(10-4-3-6-14-9-10)19(16,17)12-11(13)5-8-18-12/h5,8,10,14H,2-4,6-7,9H2,1H3. The van der Waals surface area contributed by atoms with Crippen LogP contribution >= 0.6 is 27.3 Å². The highest BCUT2D eigenvalue weighted by Crippen LogP contribution is 2.32. The normalized spacial score (nSPS) is 20.9. The highest BCUT2D eigenvalue weighted by Gasteiger charge is 2.33. The number of sulfonamides is 1. The van der Waals surface area contributed by atoms with E-state index in [2.05, 4.69) is 21.2 Å². The molecule has 1 aliphatic heterocycles. The minimum Gasteiger partial charge on any atom is -0.315 e. The van der Waals surface area contributed by atoms with Gasteiger partial charge in [-0.1, -0.05) is 6.92 Å². The molecule has 2 rings (SSSR count). The average Bonchev–Trinajstić information content (AvgIpc) is 2.84. The summed E-state index contributed by atoms with van der Waals surface area (Å²) in [6.07, 6.45) is 2.81. The quantitative estimate of drug-likeness (QED) is 0.871. The third-order valence-corrected chi connectivity index (χ3v) is 7.85. The zero-order valence-electron chi connectivity index (χ0n) is 10.9. The van der Waals surface area contributed by atoms with Crippen molar-refractivity contribution in [3.05, 3.63) is 15.9 Å². The number of nitrogens with one attached hydrogen (secondary N) is 1. The summed E-state index contributed by atoms with van der Waals surface area (Å²) in [5.74, 6) is 0. The van der Waals surface area contributed by atoms with E-state index in [1.807, 2.05) is 6.92 Å². The Morgan fingerprint density at radius 2 is 2.37 bits per heavy atom. The van der Waals surface area contributed by atoms with Crippen molar-refractivity contribution in [3.63, 3.8) is 0 Å². The van der Waals surface area contributed by atoms with Gasteiger partial charge in [-0.3, -0.25) is 0 Å². The van der Waals surface area contributed by atoms with Gasteiger partial charge in [0.25, 0.3) is 10.0 Å². The molecule has 0 bridgehead atoms. The van der Waals surface area contributed by atoms with Gasteiger partial charge in [0.15, 0.2) is 0 Å². The molecule has 1 fully saturated rings. The van der Waals surface area contributed by atoms with Gasteiger partial charge in [-0.05, 0) is 53.2 Å². The molecule has 1 aromatic heterocycles. The van der Waals surface area contributed by atoms with Crippen LogP contribution in [0.15, 0.2) is 20.1 Å². The van der Waals surface area contributed by atoms with Crippen LogP contribution in [0.3, 0.4) is 0 Å². The van der Waals surface area contributed by atoms with E-state index >= 15 is 0 Å². The molecule has 2 heterocycles. The van der Waals surface area contributed by atoms with Crippen LogP contribution in [0.4, 0.5) is 0 Å². The predicted octanol–water partition coefficient (Wildman–Crippen LogP) is 2.66. The zero-order chi connectivity index (χ0) is 13.9. The lowest BCUT2D eigenvalue weighted by Gasteiger charge is -2.33. The Balaban J connectivity index is 2.29. The lowest BCUT2D eigenvalue weighted by atomic mass is 10.1. The van der Waals surface area contributed by atoms with E-state index in [1.54, 1.807) is 15.8 Å². The Hall–Kier alpha value is 0.0500. The first-order chi connectivity index (χ1) is 9.07. The van der Waals surface area contributed by atoms with E-state index in [0.717, 1.165) is 32.4 Å². The maximum absolute atomic E-state index is 12.8. The van der Waals surface area contributed by atoms with Crippen LogP contribution < -0.4 is 5.32 Å². The summed E-state index contributed by atoms with van der Waals surface area (Å²) in [6, 6.07) is 1.87. The Labute approximate surface area is 127 Å². The molecule has 1 atom stereocenters. The highest BCUT2D eigenvalue weighted by molar-refractivity contribution is 9.10. The SMILES string of the molecule is CCCN(C1CCCNC1)S(=O)(=O)c1sccc1Br. The second kappa shape index (κ2) is 6.67. The molecule has 108 valence electrons. The van der Waals surface area contributed by atoms with Crippen LogP contribution in [-0.4, -0.2) is 38.4 Å². The van der Waals surface area contributed by atoms with E-state index in [9.17, 15) is 8.42 Å². The van der Waals surface area contributed by atoms with Crippen molar-refractivity contribution >= 4 is 37.3 Å². The number of hydrogen-bond donors (Lipinski definition) is 1. The van der Waals surface area contributed by atoms with Crippen molar-refractivity contribution in [2.75, 3.05) is 19.6 Å². The van der Waals surface area contributed by atoms with Crippen molar-refractivity contribution in [2.24, 2.45) is 0 Å². The van der Waals surface area contributed by atoms with Gasteiger partial charge < -0.3 is 5.32 Å². The van der Waals surface area contributed by atoms with Crippen molar-refractivity contribution in [3.8, 4) is 0 Å². The van der Waals surface area contributed by atoms with Crippen molar-refractivity contribution in [1.29, 1.82) is 0 Å². The molecule has 0 aromatic carbocycles. The maximum Gasteiger partial charge on any atom is 0.253 e. The minimum atomic E-state index is -3.39. The number of halogens is 1. The maximum atomic E-state index is 12.8. The van der Waals surface area contributed by atoms with E-state index in [1.165, 1.54) is 11.3 Å². The summed E-state index contributed by atoms with van der Waals surface area (Å²) < 4.78 is 28.3. The highest BCUT2D eigenvalue weighted by atomic mass is 79.9. The second-order valence-corrected chi connectivity index (χ2v) is 8.53. The van der Waals surface area contributed by atoms with Crippen LogP contribution in [0.5, 0.6) is 0 Å². The first kappa shape index (κ1) is 15.4. The molecule has 1 aromatic rings. The van der Waals surface area contributed by atoms with Gasteiger partial charge in [0.1, 0.15) is 4.21 Å². The van der Waals surface area contributed by atoms with Crippen molar-refractivity contribution in [2.45, 2.75) is 36.4 Å². The molecule has 0 spiro atoms. The second-order valence-electron chi connectivity index (χ2n) is 4.67. The number of rotatable bonds is 5. The summed E-state index contributed by atoms with van der Waals surface area (Å²) in [5, 5.41) is 5.10. The first-order valence-corrected chi connectivity index (χ1v) is 9.64. The fourth-order valence-electron chi connectivity index (χ4n) is 2.37. The van der Waals surface area contributed by atoms with Crippen molar-refractivity contribution in [1.82, 2.24) is 9.62 Å². The van der Waals surface area contributed by atoms with Crippen molar-refractivity contribution < 1.29 is 8.42 Å². The molecule has 1 aliphatic rings. The smallest absolute Gasteiger partial charge is 0.253 e. The Kier molecular flexibility index (Phi) is 5.42. The molecule has 4 nitrogen and oxygen atoms in total. The molecule has 0 radical (unpaired) electrons. The molecule has 1 unspecified atom stereocenters. The van der Waals surface area contributed by atoms with E-state index in [4.69, 9.17) is 0 Å². The van der Waals surface area contributed by atoms with E-state index in [-0.39, 0.29) is 6.04 Å². The Morgan fingerprint density at radius 3 is 2.89 bits per heavy atom. The largest absolute Gasteiger partial charge is 0.315 e. The van der Waals surface area contributed by atoms with E-state index < -0.39 is 10.0 Å². The van der Waals surface area contributed by atoms with Gasteiger partial charge in [0.05, 0.1) is 0 Å². The molecular weight excluding hydrogens is 348 g/mol. The lowest BCUT2D eigenvalue weighted by molar-refractivity contribution is 0.266. The van der Waals surface area contributed by atoms with Gasteiger partial charge in [0, 0.05) is 23.6 Å². The minimum absolute atomic E-state index is 0.0766. The molecular formula is C12H19BrN2O2S2. The van der Waals surface area contributed by atoms with Gasteiger partial charge in [-0.25, -0.2) is 8.42 Å². The lowest BCUT2D eigenvalue weighted by Crippen LogP contribution is -2.48. The van der Waals surface area contributed by atoms with Crippen LogP contribution in [-0.2, 0) is 10.0 Å². The molecule has 19 heavy (non-hydrogen) atoms. The molecule has 7 heteroatoms. The third-order valence-electron chi connectivity index (χ3n) is 3.25. The van der Waals surface area contributed by atoms with Gasteiger partial charge in [-0.15, -0.1) is 11.3 Å². The van der Waals surface area contributed by atoms with Crippen LogP contribution in [0.2, 0.25) is 0 Å². The van der Waals surface area contributed by atoms with Gasteiger partial charge in [0.2, 0.25) is 0 Å². The monoisotopic (exact) mass is 366 g/mol. The number of thiophene rings is 1. The average molecular weight is 367 g/mol. The summed E-state index contributed by atoms with van der Waals surface area (Å²) in [7, 11) is -3.39. The zero-order valence-corrected chi connectivity index (χ0v) is 14.2. The first-order valence-electron chi connectivity index (χ1n) is 6.53. The van der Waals surface area contributed by atoms with Crippen LogP contribution in [0, 0.1) is 0 Å². The summed E-state index contributed by atoms with van der Waals surface area (Å²) >= 11 is 4.61. The fourth-order valence-corrected chi connectivity index (χ4v) is 6.54. The molecule has 0 amide bonds. The predicted molar refractivity (Wildman–Crippen MR) is 82.1 cm³/mol.